The molecule has 0 aromatic heterocycles. The first kappa shape index (κ1) is 21.3. The van der Waals surface area contributed by atoms with Crippen LogP contribution in [0.2, 0.25) is 0 Å². The Morgan fingerprint density at radius 2 is 1.46 bits per heavy atom. The SMILES string of the molecule is CC(C)C(=O)C(C)(C)C(=O)N(N=Nc1ccc(N(C)C)cc1)c1ccccc1. The Balaban J connectivity index is 2.38. The summed E-state index contributed by atoms with van der Waals surface area (Å²) in [7, 11) is 3.92. The number of hydrogen-bond donors (Lipinski definition) is 0. The Labute approximate surface area is 166 Å². The molecule has 0 unspecified atom stereocenters. The van der Waals surface area contributed by atoms with E-state index in [1.807, 2.05) is 61.5 Å². The van der Waals surface area contributed by atoms with Crippen LogP contribution in [0.1, 0.15) is 27.7 Å². The fraction of sp³-hybridized carbons (Fsp3) is 0.364. The zero-order valence-electron chi connectivity index (χ0n) is 17.4. The van der Waals surface area contributed by atoms with E-state index in [1.54, 1.807) is 39.8 Å². The Morgan fingerprint density at radius 1 is 0.893 bits per heavy atom. The minimum Gasteiger partial charge on any atom is -0.378 e. The van der Waals surface area contributed by atoms with E-state index in [0.29, 0.717) is 11.4 Å². The number of Topliss-reactive ketones (excluding diaryl/α,β-unsaturated/α-hetero) is 1. The molecule has 0 saturated heterocycles. The second-order valence-electron chi connectivity index (χ2n) is 7.70. The van der Waals surface area contributed by atoms with Crippen LogP contribution in [0.15, 0.2) is 64.9 Å². The third-order valence-corrected chi connectivity index (χ3v) is 4.48. The average Bonchev–Trinajstić information content (AvgIpc) is 2.68. The van der Waals surface area contributed by atoms with E-state index < -0.39 is 11.3 Å². The molecule has 6 nitrogen and oxygen atoms in total. The highest BCUT2D eigenvalue weighted by molar-refractivity contribution is 6.11. The van der Waals surface area contributed by atoms with Crippen LogP contribution in [0.5, 0.6) is 0 Å². The molecule has 1 amide bonds. The number of carbonyl (C=O) groups is 2. The Hall–Kier alpha value is -3.02. The number of amides is 1. The minimum atomic E-state index is -1.21. The molecule has 0 spiro atoms. The van der Waals surface area contributed by atoms with E-state index in [9.17, 15) is 9.59 Å². The summed E-state index contributed by atoms with van der Waals surface area (Å²) in [5, 5.41) is 9.62. The molecule has 0 aliphatic rings. The maximum absolute atomic E-state index is 13.2. The van der Waals surface area contributed by atoms with Gasteiger partial charge in [0.1, 0.15) is 11.2 Å². The zero-order valence-corrected chi connectivity index (χ0v) is 17.4. The first-order valence-electron chi connectivity index (χ1n) is 9.27. The zero-order chi connectivity index (χ0) is 20.9. The summed E-state index contributed by atoms with van der Waals surface area (Å²) in [5.74, 6) is -0.804. The summed E-state index contributed by atoms with van der Waals surface area (Å²) in [6.07, 6.45) is 0. The lowest BCUT2D eigenvalue weighted by molar-refractivity contribution is -0.140. The molecule has 148 valence electrons. The predicted octanol–water partition coefficient (Wildman–Crippen LogP) is 5.04. The molecular weight excluding hydrogens is 352 g/mol. The second kappa shape index (κ2) is 8.78. The molecule has 0 N–H and O–H groups in total. The molecule has 0 bridgehead atoms. The molecule has 28 heavy (non-hydrogen) atoms. The summed E-state index contributed by atoms with van der Waals surface area (Å²) < 4.78 is 0. The minimum absolute atomic E-state index is 0.135. The molecule has 0 heterocycles. The number of benzene rings is 2. The van der Waals surface area contributed by atoms with Crippen LogP contribution in [0.3, 0.4) is 0 Å². The number of nitrogens with zero attached hydrogens (tertiary/aromatic N) is 4. The van der Waals surface area contributed by atoms with Gasteiger partial charge in [0.05, 0.1) is 11.4 Å². The molecule has 2 aromatic rings. The van der Waals surface area contributed by atoms with Gasteiger partial charge in [0.25, 0.3) is 5.91 Å². The van der Waals surface area contributed by atoms with Crippen molar-refractivity contribution in [1.82, 2.24) is 0 Å². The van der Waals surface area contributed by atoms with Crippen LogP contribution in [0.4, 0.5) is 17.1 Å². The summed E-state index contributed by atoms with van der Waals surface area (Å²) in [4.78, 5) is 27.8. The van der Waals surface area contributed by atoms with Crippen molar-refractivity contribution in [2.24, 2.45) is 21.7 Å². The highest BCUT2D eigenvalue weighted by atomic mass is 16.2. The van der Waals surface area contributed by atoms with E-state index in [0.717, 1.165) is 5.69 Å². The van der Waals surface area contributed by atoms with E-state index in [1.165, 1.54) is 5.01 Å². The quantitative estimate of drug-likeness (QED) is 0.384. The average molecular weight is 380 g/mol. The Morgan fingerprint density at radius 3 is 1.96 bits per heavy atom. The third kappa shape index (κ3) is 4.82. The van der Waals surface area contributed by atoms with E-state index in [4.69, 9.17) is 0 Å². The van der Waals surface area contributed by atoms with Crippen LogP contribution in [0, 0.1) is 11.3 Å². The fourth-order valence-corrected chi connectivity index (χ4v) is 2.78. The lowest BCUT2D eigenvalue weighted by Crippen LogP contribution is -2.44. The van der Waals surface area contributed by atoms with Gasteiger partial charge in [0.2, 0.25) is 0 Å². The molecule has 0 aliphatic heterocycles. The Bertz CT molecular complexity index is 841. The normalized spacial score (nSPS) is 11.7. The number of anilines is 2. The van der Waals surface area contributed by atoms with Gasteiger partial charge >= 0.3 is 0 Å². The number of carbonyl (C=O) groups excluding carboxylic acids is 2. The van der Waals surface area contributed by atoms with E-state index in [2.05, 4.69) is 10.3 Å². The van der Waals surface area contributed by atoms with Crippen LogP contribution < -0.4 is 9.91 Å². The molecule has 0 saturated carbocycles. The van der Waals surface area contributed by atoms with Gasteiger partial charge in [-0.1, -0.05) is 37.3 Å². The van der Waals surface area contributed by atoms with Gasteiger partial charge in [-0.2, -0.15) is 5.01 Å². The smallest absolute Gasteiger partial charge is 0.261 e. The first-order valence-corrected chi connectivity index (χ1v) is 9.27. The van der Waals surface area contributed by atoms with Crippen LogP contribution in [-0.2, 0) is 9.59 Å². The number of ketones is 1. The number of para-hydroxylation sites is 1. The van der Waals surface area contributed by atoms with Crippen molar-refractivity contribution in [3.63, 3.8) is 0 Å². The van der Waals surface area contributed by atoms with Crippen LogP contribution >= 0.6 is 0 Å². The van der Waals surface area contributed by atoms with Gasteiger partial charge in [-0.3, -0.25) is 9.59 Å². The molecule has 0 aliphatic carbocycles. The summed E-state index contributed by atoms with van der Waals surface area (Å²) in [6, 6.07) is 16.5. The van der Waals surface area contributed by atoms with Gasteiger partial charge in [0, 0.05) is 25.7 Å². The fourth-order valence-electron chi connectivity index (χ4n) is 2.78. The highest BCUT2D eigenvalue weighted by Gasteiger charge is 2.41. The molecule has 0 atom stereocenters. The molecule has 2 rings (SSSR count). The van der Waals surface area contributed by atoms with E-state index in [-0.39, 0.29) is 11.7 Å². The standard InChI is InChI=1S/C22H28N4O2/c1-16(2)20(27)22(3,4)21(28)26(19-10-8-7-9-11-19)24-23-17-12-14-18(15-13-17)25(5)6/h7-16H,1-6H3. The largest absolute Gasteiger partial charge is 0.378 e. The molecule has 0 fully saturated rings. The molecule has 0 radical (unpaired) electrons. The van der Waals surface area contributed by atoms with Gasteiger partial charge < -0.3 is 4.90 Å². The lowest BCUT2D eigenvalue weighted by atomic mass is 9.81. The highest BCUT2D eigenvalue weighted by Crippen LogP contribution is 2.29. The van der Waals surface area contributed by atoms with Crippen molar-refractivity contribution in [3.8, 4) is 0 Å². The summed E-state index contributed by atoms with van der Waals surface area (Å²) >= 11 is 0. The maximum Gasteiger partial charge on any atom is 0.261 e. The third-order valence-electron chi connectivity index (χ3n) is 4.48. The van der Waals surface area contributed by atoms with Crippen LogP contribution in [-0.4, -0.2) is 25.8 Å². The Kier molecular flexibility index (Phi) is 6.67. The van der Waals surface area contributed by atoms with Gasteiger partial charge in [-0.05, 0) is 50.2 Å². The first-order chi connectivity index (χ1) is 13.1. The lowest BCUT2D eigenvalue weighted by Gasteiger charge is -2.28. The van der Waals surface area contributed by atoms with Gasteiger partial charge in [0.15, 0.2) is 0 Å². The van der Waals surface area contributed by atoms with Crippen molar-refractivity contribution in [3.05, 3.63) is 54.6 Å². The van der Waals surface area contributed by atoms with Crippen molar-refractivity contribution in [2.75, 3.05) is 24.0 Å². The molecule has 2 aromatic carbocycles. The number of rotatable bonds is 7. The predicted molar refractivity (Wildman–Crippen MR) is 113 cm³/mol. The van der Waals surface area contributed by atoms with E-state index >= 15 is 0 Å². The van der Waals surface area contributed by atoms with Gasteiger partial charge in [-0.25, -0.2) is 0 Å². The number of hydrogen-bond acceptors (Lipinski definition) is 5. The van der Waals surface area contributed by atoms with Crippen LogP contribution in [0.25, 0.3) is 0 Å². The van der Waals surface area contributed by atoms with Crippen molar-refractivity contribution >= 4 is 28.8 Å². The van der Waals surface area contributed by atoms with Crippen molar-refractivity contribution in [1.29, 1.82) is 0 Å². The topological polar surface area (TPSA) is 65.3 Å². The molecular formula is C22H28N4O2. The summed E-state index contributed by atoms with van der Waals surface area (Å²) in [5.41, 5.74) is 1.01. The van der Waals surface area contributed by atoms with Gasteiger partial charge in [-0.15, -0.1) is 5.11 Å². The van der Waals surface area contributed by atoms with Crippen molar-refractivity contribution < 1.29 is 9.59 Å². The summed E-state index contributed by atoms with van der Waals surface area (Å²) in [6.45, 7) is 6.85. The second-order valence-corrected chi connectivity index (χ2v) is 7.70. The monoisotopic (exact) mass is 380 g/mol. The maximum atomic E-state index is 13.2. The molecule has 6 heteroatoms. The van der Waals surface area contributed by atoms with Crippen molar-refractivity contribution in [2.45, 2.75) is 27.7 Å².